The zero-order valence-electron chi connectivity index (χ0n) is 28.6. The van der Waals surface area contributed by atoms with Crippen molar-refractivity contribution in [1.29, 1.82) is 0 Å². The summed E-state index contributed by atoms with van der Waals surface area (Å²) in [6.45, 7) is 0. The van der Waals surface area contributed by atoms with Crippen molar-refractivity contribution < 1.29 is 69.5 Å². The highest BCUT2D eigenvalue weighted by Crippen LogP contribution is 2.52. The maximum absolute atomic E-state index is 14.3. The number of sulfonamides is 2. The van der Waals surface area contributed by atoms with Crippen molar-refractivity contribution in [3.8, 4) is 33.9 Å². The Hall–Kier alpha value is -5.43. The van der Waals surface area contributed by atoms with E-state index in [4.69, 9.17) is 21.9 Å². The van der Waals surface area contributed by atoms with E-state index in [0.717, 1.165) is 54.6 Å². The Labute approximate surface area is 329 Å². The smallest absolute Gasteiger partial charge is 0.232 e. The van der Waals surface area contributed by atoms with Crippen LogP contribution in [0.4, 0.5) is 52.7 Å². The fraction of sp³-hybridized carbons (Fsp3) is 0.118. The molecule has 0 amide bonds. The van der Waals surface area contributed by atoms with Crippen LogP contribution in [0.5, 0.6) is 0 Å². The van der Waals surface area contributed by atoms with Crippen LogP contribution in [-0.2, 0) is 32.1 Å². The van der Waals surface area contributed by atoms with Gasteiger partial charge in [0.05, 0.1) is 33.2 Å². The van der Waals surface area contributed by atoms with Crippen molar-refractivity contribution in [1.82, 2.24) is 19.6 Å². The van der Waals surface area contributed by atoms with Crippen LogP contribution in [0, 0.1) is 11.6 Å². The van der Waals surface area contributed by atoms with Gasteiger partial charge in [0.25, 0.3) is 0 Å². The molecule has 314 valence electrons. The number of nitrogens with two attached hydrogens (primary N) is 2. The molecular weight excluding hydrogens is 884 g/mol. The quantitative estimate of drug-likeness (QED) is 0.146. The minimum atomic E-state index is -6.58. The van der Waals surface area contributed by atoms with Crippen LogP contribution in [0.3, 0.4) is 0 Å². The van der Waals surface area contributed by atoms with Gasteiger partial charge in [-0.1, -0.05) is 41.9 Å². The number of primary sulfonamides is 2. The number of nitrogens with zero attached hydrogens (tertiary/aromatic N) is 4. The van der Waals surface area contributed by atoms with Crippen molar-refractivity contribution in [3.05, 3.63) is 131 Å². The first-order chi connectivity index (χ1) is 27.1. The Kier molecular flexibility index (Phi) is 11.8. The summed E-state index contributed by atoms with van der Waals surface area (Å²) in [6, 6.07) is 17.6. The first-order valence-corrected chi connectivity index (χ1v) is 19.1. The first-order valence-electron chi connectivity index (χ1n) is 15.6. The minimum absolute atomic E-state index is 0.0171. The summed E-state index contributed by atoms with van der Waals surface area (Å²) in [5.41, 5.74) is -5.37. The molecule has 6 rings (SSSR count). The molecule has 2 aromatic heterocycles. The maximum Gasteiger partial charge on any atom is 0.460 e. The van der Waals surface area contributed by atoms with E-state index >= 15 is 0 Å². The first kappa shape index (κ1) is 44.7. The van der Waals surface area contributed by atoms with E-state index in [9.17, 15) is 69.5 Å². The average molecular weight is 905 g/mol. The fourth-order valence-corrected chi connectivity index (χ4v) is 6.53. The Bertz CT molecular complexity index is 2720. The third-order valence-corrected chi connectivity index (χ3v) is 10.1. The highest BCUT2D eigenvalue weighted by atomic mass is 35.5. The van der Waals surface area contributed by atoms with Crippen LogP contribution in [0.2, 0.25) is 5.02 Å². The summed E-state index contributed by atoms with van der Waals surface area (Å²) in [5, 5.41) is 16.9. The van der Waals surface area contributed by atoms with Crippen molar-refractivity contribution in [3.63, 3.8) is 0 Å². The molecular formula is C34H21ClF12N6O4S2. The number of aromatic nitrogens is 4. The fourth-order valence-electron chi connectivity index (χ4n) is 5.17. The van der Waals surface area contributed by atoms with Gasteiger partial charge in [0.15, 0.2) is 5.69 Å². The lowest BCUT2D eigenvalue weighted by molar-refractivity contribution is -0.360. The molecule has 4 aromatic carbocycles. The van der Waals surface area contributed by atoms with Gasteiger partial charge in [0.1, 0.15) is 22.2 Å². The largest absolute Gasteiger partial charge is 0.460 e. The van der Waals surface area contributed by atoms with Gasteiger partial charge in [-0.15, -0.1) is 0 Å². The zero-order valence-corrected chi connectivity index (χ0v) is 31.0. The summed E-state index contributed by atoms with van der Waals surface area (Å²) in [5.74, 6) is -14.4. The zero-order chi connectivity index (χ0) is 44.1. The van der Waals surface area contributed by atoms with Gasteiger partial charge in [0.2, 0.25) is 20.0 Å². The van der Waals surface area contributed by atoms with Crippen LogP contribution in [0.1, 0.15) is 11.4 Å². The van der Waals surface area contributed by atoms with E-state index in [1.54, 1.807) is 0 Å². The Balaban J connectivity index is 0.000000227. The lowest BCUT2D eigenvalue weighted by atomic mass is 10.1. The topological polar surface area (TPSA) is 156 Å². The Morgan fingerprint density at radius 1 is 0.593 bits per heavy atom. The van der Waals surface area contributed by atoms with E-state index in [0.29, 0.717) is 21.5 Å². The van der Waals surface area contributed by atoms with E-state index in [-0.39, 0.29) is 21.2 Å². The van der Waals surface area contributed by atoms with Crippen LogP contribution >= 0.6 is 11.6 Å². The lowest BCUT2D eigenvalue weighted by Crippen LogP contribution is -2.50. The summed E-state index contributed by atoms with van der Waals surface area (Å²) >= 11 is 5.77. The number of halogens is 13. The van der Waals surface area contributed by atoms with E-state index in [1.807, 2.05) is 0 Å². The summed E-state index contributed by atoms with van der Waals surface area (Å²) in [7, 11) is -8.49. The third kappa shape index (κ3) is 9.10. The standard InChI is InChI=1S/C18H11ClF7N3O2S.C16H10F5N3O2S/c19-11-7-5-10(6-8-11)13-9-15(16(20,21)17(22,23)18(24,25)26)28-29(13)12-3-1-2-4-14(12)32(27,30)31;17-11-2-1-3-12(18)15(11)13-8-14(16(19,20)21)23-24(13)9-4-6-10(7-5-9)27(22,25)26/h1-9H,(H2,27,30,31);1-8H,(H2,22,25,26). The number of benzene rings is 4. The third-order valence-electron chi connectivity index (χ3n) is 7.95. The molecule has 2 heterocycles. The number of hydrogen-bond donors (Lipinski definition) is 2. The normalized spacial score (nSPS) is 12.9. The molecule has 0 atom stereocenters. The molecule has 0 bridgehead atoms. The number of hydrogen-bond acceptors (Lipinski definition) is 6. The summed E-state index contributed by atoms with van der Waals surface area (Å²) in [6.07, 6.45) is -11.4. The van der Waals surface area contributed by atoms with E-state index < -0.39 is 94.8 Å². The Morgan fingerprint density at radius 3 is 1.63 bits per heavy atom. The van der Waals surface area contributed by atoms with Crippen molar-refractivity contribution in [2.75, 3.05) is 0 Å². The van der Waals surface area contributed by atoms with Crippen LogP contribution in [0.15, 0.2) is 113 Å². The number of rotatable bonds is 8. The van der Waals surface area contributed by atoms with Gasteiger partial charge < -0.3 is 0 Å². The van der Waals surface area contributed by atoms with Crippen molar-refractivity contribution in [2.24, 2.45) is 10.3 Å². The molecule has 0 unspecified atom stereocenters. The number of alkyl halides is 10. The molecule has 0 saturated heterocycles. The molecule has 6 aromatic rings. The van der Waals surface area contributed by atoms with E-state index in [1.165, 1.54) is 36.4 Å². The second kappa shape index (κ2) is 15.6. The SMILES string of the molecule is NS(=O)(=O)c1ccc(-n2nc(C(F)(F)F)cc2-c2c(F)cccc2F)cc1.NS(=O)(=O)c1ccccc1-n1nc(C(F)(F)C(F)(F)C(F)(F)F)cc1-c1ccc(Cl)cc1. The second-order valence-corrected chi connectivity index (χ2v) is 15.5. The van der Waals surface area contributed by atoms with Crippen LogP contribution < -0.4 is 10.3 Å². The van der Waals surface area contributed by atoms with Crippen molar-refractivity contribution >= 4 is 31.6 Å². The van der Waals surface area contributed by atoms with Gasteiger partial charge >= 0.3 is 24.2 Å². The molecule has 0 aliphatic heterocycles. The van der Waals surface area contributed by atoms with Crippen LogP contribution in [-0.4, -0.2) is 48.5 Å². The summed E-state index contributed by atoms with van der Waals surface area (Å²) < 4.78 is 209. The van der Waals surface area contributed by atoms with Crippen LogP contribution in [0.25, 0.3) is 33.9 Å². The van der Waals surface area contributed by atoms with Gasteiger partial charge in [-0.2, -0.15) is 54.1 Å². The maximum atomic E-state index is 14.3. The average Bonchev–Trinajstić information content (AvgIpc) is 3.78. The van der Waals surface area contributed by atoms with Gasteiger partial charge in [-0.25, -0.2) is 45.3 Å². The highest BCUT2D eigenvalue weighted by Gasteiger charge is 2.74. The number of para-hydroxylation sites is 1. The molecule has 0 aliphatic carbocycles. The predicted molar refractivity (Wildman–Crippen MR) is 186 cm³/mol. The molecule has 25 heteroatoms. The molecule has 0 spiro atoms. The molecule has 0 fully saturated rings. The second-order valence-electron chi connectivity index (χ2n) is 12.0. The van der Waals surface area contributed by atoms with Gasteiger partial charge in [0, 0.05) is 10.6 Å². The molecule has 4 N–H and O–H groups in total. The molecule has 0 saturated carbocycles. The predicted octanol–water partition coefficient (Wildman–Crippen LogP) is 8.61. The lowest BCUT2D eigenvalue weighted by Gasteiger charge is -2.26. The molecule has 59 heavy (non-hydrogen) atoms. The molecule has 0 radical (unpaired) electrons. The highest BCUT2D eigenvalue weighted by molar-refractivity contribution is 7.89. The Morgan fingerprint density at radius 2 is 1.12 bits per heavy atom. The molecule has 0 aliphatic rings. The van der Waals surface area contributed by atoms with Gasteiger partial charge in [-0.05, 0) is 72.8 Å². The van der Waals surface area contributed by atoms with E-state index in [2.05, 4.69) is 10.2 Å². The summed E-state index contributed by atoms with van der Waals surface area (Å²) in [4.78, 5) is -0.913. The minimum Gasteiger partial charge on any atom is -0.232 e. The van der Waals surface area contributed by atoms with Crippen molar-refractivity contribution in [2.45, 2.75) is 34.0 Å². The monoisotopic (exact) mass is 904 g/mol. The van der Waals surface area contributed by atoms with Gasteiger partial charge in [-0.3, -0.25) is 0 Å². The molecule has 10 nitrogen and oxygen atoms in total.